The zero-order valence-electron chi connectivity index (χ0n) is 15.6. The molecule has 6 heteroatoms. The number of fused-ring (bicyclic) bond motifs is 1. The molecule has 2 aromatic carbocycles. The zero-order chi connectivity index (χ0) is 19.4. The lowest BCUT2D eigenvalue weighted by molar-refractivity contribution is -0.121. The number of benzene rings is 2. The second-order valence-electron chi connectivity index (χ2n) is 6.67. The molecule has 3 rings (SSSR count). The van der Waals surface area contributed by atoms with E-state index >= 15 is 0 Å². The number of halogens is 1. The second kappa shape index (κ2) is 8.44. The summed E-state index contributed by atoms with van der Waals surface area (Å²) in [6.07, 6.45) is 1.13. The smallest absolute Gasteiger partial charge is 0.329 e. The molecule has 1 N–H and O–H groups in total. The highest BCUT2D eigenvalue weighted by molar-refractivity contribution is 6.30. The number of hydrogen-bond acceptors (Lipinski definition) is 2. The zero-order valence-corrected chi connectivity index (χ0v) is 16.4. The fourth-order valence-electron chi connectivity index (χ4n) is 3.29. The molecule has 1 heterocycles. The molecular weight excluding hydrogens is 362 g/mol. The Morgan fingerprint density at radius 3 is 2.22 bits per heavy atom. The maximum atomic E-state index is 12.7. The van der Waals surface area contributed by atoms with Gasteiger partial charge in [-0.1, -0.05) is 42.8 Å². The van der Waals surface area contributed by atoms with E-state index in [2.05, 4.69) is 5.32 Å². The van der Waals surface area contributed by atoms with Crippen molar-refractivity contribution in [3.8, 4) is 0 Å². The number of aromatic nitrogens is 2. The SMILES string of the molecule is CCCn1c(=O)n(CCC(=O)N[C@@H](C)c2ccc(Cl)cc2)c2ccccc21. The number of aryl methyl sites for hydroxylation is 2. The summed E-state index contributed by atoms with van der Waals surface area (Å²) in [5, 5.41) is 3.65. The van der Waals surface area contributed by atoms with Crippen LogP contribution in [-0.2, 0) is 17.9 Å². The quantitative estimate of drug-likeness (QED) is 0.664. The van der Waals surface area contributed by atoms with Gasteiger partial charge in [0.05, 0.1) is 17.1 Å². The number of hydrogen-bond donors (Lipinski definition) is 1. The fourth-order valence-corrected chi connectivity index (χ4v) is 3.42. The molecule has 1 aromatic heterocycles. The number of para-hydroxylation sites is 2. The summed E-state index contributed by atoms with van der Waals surface area (Å²) in [6, 6.07) is 15.0. The van der Waals surface area contributed by atoms with E-state index in [1.54, 1.807) is 9.13 Å². The maximum Gasteiger partial charge on any atom is 0.329 e. The molecule has 3 aromatic rings. The van der Waals surface area contributed by atoms with E-state index in [9.17, 15) is 9.59 Å². The molecule has 1 amide bonds. The first-order valence-corrected chi connectivity index (χ1v) is 9.62. The summed E-state index contributed by atoms with van der Waals surface area (Å²) in [6.45, 7) is 5.01. The number of carbonyl (C=O) groups excluding carboxylic acids is 1. The molecule has 1 atom stereocenters. The van der Waals surface area contributed by atoms with Crippen molar-refractivity contribution in [1.82, 2.24) is 14.5 Å². The van der Waals surface area contributed by atoms with Crippen molar-refractivity contribution in [2.45, 2.75) is 45.8 Å². The third-order valence-corrected chi connectivity index (χ3v) is 4.93. The van der Waals surface area contributed by atoms with Gasteiger partial charge in [-0.2, -0.15) is 0 Å². The van der Waals surface area contributed by atoms with Crippen LogP contribution >= 0.6 is 11.6 Å². The number of imidazole rings is 1. The molecule has 0 unspecified atom stereocenters. The Kier molecular flexibility index (Phi) is 6.01. The van der Waals surface area contributed by atoms with Gasteiger partial charge in [0.25, 0.3) is 0 Å². The van der Waals surface area contributed by atoms with Crippen LogP contribution < -0.4 is 11.0 Å². The highest BCUT2D eigenvalue weighted by atomic mass is 35.5. The number of nitrogens with zero attached hydrogens (tertiary/aromatic N) is 2. The molecule has 142 valence electrons. The summed E-state index contributed by atoms with van der Waals surface area (Å²) in [7, 11) is 0. The lowest BCUT2D eigenvalue weighted by Gasteiger charge is -2.14. The summed E-state index contributed by atoms with van der Waals surface area (Å²) >= 11 is 5.90. The first-order chi connectivity index (χ1) is 13.0. The van der Waals surface area contributed by atoms with Gasteiger partial charge in [0.1, 0.15) is 0 Å². The molecule has 0 aliphatic carbocycles. The topological polar surface area (TPSA) is 56.0 Å². The van der Waals surface area contributed by atoms with Gasteiger partial charge in [-0.05, 0) is 43.2 Å². The van der Waals surface area contributed by atoms with Gasteiger partial charge in [-0.15, -0.1) is 0 Å². The molecule has 0 radical (unpaired) electrons. The van der Waals surface area contributed by atoms with Gasteiger partial charge >= 0.3 is 5.69 Å². The summed E-state index contributed by atoms with van der Waals surface area (Å²) in [4.78, 5) is 25.1. The number of carbonyl (C=O) groups is 1. The minimum absolute atomic E-state index is 0.0587. The van der Waals surface area contributed by atoms with E-state index in [1.165, 1.54) is 0 Å². The Labute approximate surface area is 163 Å². The van der Waals surface area contributed by atoms with Crippen molar-refractivity contribution in [2.75, 3.05) is 0 Å². The van der Waals surface area contributed by atoms with Gasteiger partial charge in [0.15, 0.2) is 0 Å². The van der Waals surface area contributed by atoms with Crippen LogP contribution in [0.15, 0.2) is 53.3 Å². The van der Waals surface area contributed by atoms with Crippen LogP contribution in [-0.4, -0.2) is 15.0 Å². The Morgan fingerprint density at radius 2 is 1.63 bits per heavy atom. The molecule has 5 nitrogen and oxygen atoms in total. The highest BCUT2D eigenvalue weighted by Gasteiger charge is 2.14. The van der Waals surface area contributed by atoms with Crippen LogP contribution in [0.4, 0.5) is 0 Å². The molecule has 0 spiro atoms. The van der Waals surface area contributed by atoms with Crippen molar-refractivity contribution in [1.29, 1.82) is 0 Å². The third kappa shape index (κ3) is 4.25. The molecule has 27 heavy (non-hydrogen) atoms. The fraction of sp³-hybridized carbons (Fsp3) is 0.333. The molecule has 0 fully saturated rings. The van der Waals surface area contributed by atoms with Crippen LogP contribution in [0.2, 0.25) is 5.02 Å². The molecule has 0 aliphatic rings. The average molecular weight is 386 g/mol. The standard InChI is InChI=1S/C21H24ClN3O2/c1-3-13-24-18-6-4-5-7-19(18)25(21(24)27)14-12-20(26)23-15(2)16-8-10-17(22)11-9-16/h4-11,15H,3,12-14H2,1-2H3,(H,23,26)/t15-/m0/s1. The molecule has 0 saturated carbocycles. The van der Waals surface area contributed by atoms with E-state index in [0.29, 0.717) is 18.1 Å². The first-order valence-electron chi connectivity index (χ1n) is 9.24. The largest absolute Gasteiger partial charge is 0.350 e. The van der Waals surface area contributed by atoms with Crippen LogP contribution in [0.25, 0.3) is 11.0 Å². The number of nitrogens with one attached hydrogen (secondary N) is 1. The number of amides is 1. The van der Waals surface area contributed by atoms with Gasteiger partial charge in [-0.3, -0.25) is 13.9 Å². The van der Waals surface area contributed by atoms with Crippen molar-refractivity contribution in [2.24, 2.45) is 0 Å². The Balaban J connectivity index is 1.71. The van der Waals surface area contributed by atoms with E-state index in [4.69, 9.17) is 11.6 Å². The minimum atomic E-state index is -0.118. The average Bonchev–Trinajstić information content (AvgIpc) is 2.92. The van der Waals surface area contributed by atoms with Crippen molar-refractivity contribution in [3.63, 3.8) is 0 Å². The van der Waals surface area contributed by atoms with E-state index in [1.807, 2.05) is 62.4 Å². The molecular formula is C21H24ClN3O2. The van der Waals surface area contributed by atoms with Gasteiger partial charge < -0.3 is 5.32 Å². The Hall–Kier alpha value is -2.53. The first kappa shape index (κ1) is 19.2. The third-order valence-electron chi connectivity index (χ3n) is 4.68. The monoisotopic (exact) mass is 385 g/mol. The van der Waals surface area contributed by atoms with Crippen LogP contribution in [0.3, 0.4) is 0 Å². The van der Waals surface area contributed by atoms with E-state index in [-0.39, 0.29) is 24.1 Å². The van der Waals surface area contributed by atoms with Gasteiger partial charge in [-0.25, -0.2) is 4.79 Å². The summed E-state index contributed by atoms with van der Waals surface area (Å²) in [5.41, 5.74) is 2.72. The lowest BCUT2D eigenvalue weighted by atomic mass is 10.1. The Morgan fingerprint density at radius 1 is 1.04 bits per heavy atom. The lowest BCUT2D eigenvalue weighted by Crippen LogP contribution is -2.30. The predicted molar refractivity (Wildman–Crippen MR) is 109 cm³/mol. The van der Waals surface area contributed by atoms with Crippen molar-refractivity contribution < 1.29 is 4.79 Å². The summed E-state index contributed by atoms with van der Waals surface area (Å²) in [5.74, 6) is -0.0864. The van der Waals surface area contributed by atoms with E-state index in [0.717, 1.165) is 23.0 Å². The molecule has 0 saturated heterocycles. The van der Waals surface area contributed by atoms with Crippen LogP contribution in [0.5, 0.6) is 0 Å². The highest BCUT2D eigenvalue weighted by Crippen LogP contribution is 2.17. The van der Waals surface area contributed by atoms with Gasteiger partial charge in [0.2, 0.25) is 5.91 Å². The van der Waals surface area contributed by atoms with Crippen molar-refractivity contribution in [3.05, 3.63) is 69.6 Å². The van der Waals surface area contributed by atoms with Crippen LogP contribution in [0, 0.1) is 0 Å². The van der Waals surface area contributed by atoms with Crippen molar-refractivity contribution >= 4 is 28.5 Å². The molecule has 0 bridgehead atoms. The normalized spacial score (nSPS) is 12.3. The van der Waals surface area contributed by atoms with Gasteiger partial charge in [0, 0.05) is 24.5 Å². The molecule has 0 aliphatic heterocycles. The second-order valence-corrected chi connectivity index (χ2v) is 7.10. The maximum absolute atomic E-state index is 12.7. The predicted octanol–water partition coefficient (Wildman–Crippen LogP) is 4.13. The number of rotatable bonds is 7. The Bertz CT molecular complexity index is 989. The minimum Gasteiger partial charge on any atom is -0.350 e. The van der Waals surface area contributed by atoms with Crippen LogP contribution in [0.1, 0.15) is 38.3 Å². The van der Waals surface area contributed by atoms with E-state index < -0.39 is 0 Å². The summed E-state index contributed by atoms with van der Waals surface area (Å²) < 4.78 is 3.47.